The molecule has 1 fully saturated rings. The Hall–Kier alpha value is -2.65. The summed E-state index contributed by atoms with van der Waals surface area (Å²) in [7, 11) is 0. The van der Waals surface area contributed by atoms with E-state index in [1.54, 1.807) is 19.1 Å². The van der Waals surface area contributed by atoms with Gasteiger partial charge in [0.1, 0.15) is 17.6 Å². The van der Waals surface area contributed by atoms with Crippen LogP contribution in [0.2, 0.25) is 0 Å². The Kier molecular flexibility index (Phi) is 3.89. The second kappa shape index (κ2) is 5.86. The number of nitriles is 1. The van der Waals surface area contributed by atoms with Gasteiger partial charge in [-0.15, -0.1) is 0 Å². The number of β-amino-alcohol motifs (C(OH)–C–C–N with tert-alkyl or cyclic N) is 1. The van der Waals surface area contributed by atoms with Gasteiger partial charge in [-0.1, -0.05) is 12.1 Å². The van der Waals surface area contributed by atoms with Crippen LogP contribution in [0.4, 0.5) is 4.39 Å². The number of halogens is 1. The molecule has 2 atom stereocenters. The fourth-order valence-corrected chi connectivity index (χ4v) is 2.94. The topological polar surface area (TPSA) is 77.5 Å². The van der Waals surface area contributed by atoms with Crippen LogP contribution in [0.5, 0.6) is 0 Å². The van der Waals surface area contributed by atoms with Crippen molar-refractivity contribution in [2.75, 3.05) is 6.54 Å². The summed E-state index contributed by atoms with van der Waals surface area (Å²) in [5.74, 6) is -0.220. The van der Waals surface area contributed by atoms with Crippen molar-refractivity contribution in [2.45, 2.75) is 25.5 Å². The molecule has 0 aliphatic carbocycles. The van der Waals surface area contributed by atoms with Gasteiger partial charge in [0.05, 0.1) is 17.7 Å². The van der Waals surface area contributed by atoms with Crippen LogP contribution in [0.1, 0.15) is 39.9 Å². The maximum Gasteiger partial charge on any atom is 0.258 e. The van der Waals surface area contributed by atoms with Gasteiger partial charge in [0.15, 0.2) is 0 Å². The monoisotopic (exact) mass is 314 g/mol. The van der Waals surface area contributed by atoms with Crippen LogP contribution in [0, 0.1) is 24.1 Å². The van der Waals surface area contributed by atoms with E-state index in [-0.39, 0.29) is 30.1 Å². The Morgan fingerprint density at radius 1 is 1.43 bits per heavy atom. The number of aryl methyl sites for hydroxylation is 1. The summed E-state index contributed by atoms with van der Waals surface area (Å²) in [5.41, 5.74) is 1.07. The van der Waals surface area contributed by atoms with Gasteiger partial charge in [0.25, 0.3) is 5.91 Å². The van der Waals surface area contributed by atoms with E-state index in [1.165, 1.54) is 23.1 Å². The molecule has 1 aliphatic heterocycles. The van der Waals surface area contributed by atoms with Crippen molar-refractivity contribution in [3.05, 3.63) is 58.8 Å². The van der Waals surface area contributed by atoms with E-state index in [9.17, 15) is 14.3 Å². The molecule has 0 radical (unpaired) electrons. The molecule has 3 rings (SSSR count). The van der Waals surface area contributed by atoms with Crippen LogP contribution in [-0.4, -0.2) is 28.6 Å². The number of aliphatic hydroxyl groups excluding tert-OH is 1. The van der Waals surface area contributed by atoms with E-state index in [2.05, 4.69) is 0 Å². The first-order valence-corrected chi connectivity index (χ1v) is 7.24. The second-order valence-electron chi connectivity index (χ2n) is 5.61. The van der Waals surface area contributed by atoms with Crippen LogP contribution in [0.25, 0.3) is 0 Å². The number of carbonyl (C=O) groups excluding carboxylic acids is 1. The number of aliphatic hydroxyl groups is 1. The molecule has 2 aromatic rings. The quantitative estimate of drug-likeness (QED) is 0.924. The van der Waals surface area contributed by atoms with Crippen molar-refractivity contribution < 1.29 is 18.7 Å². The molecule has 0 unspecified atom stereocenters. The van der Waals surface area contributed by atoms with Gasteiger partial charge in [-0.25, -0.2) is 4.39 Å². The van der Waals surface area contributed by atoms with Crippen LogP contribution >= 0.6 is 0 Å². The molecule has 23 heavy (non-hydrogen) atoms. The first kappa shape index (κ1) is 15.3. The number of nitrogens with zero attached hydrogens (tertiary/aromatic N) is 2. The van der Waals surface area contributed by atoms with E-state index in [0.717, 1.165) is 5.56 Å². The number of likely N-dealkylation sites (tertiary alicyclic amines) is 1. The number of amides is 1. The van der Waals surface area contributed by atoms with Gasteiger partial charge < -0.3 is 14.4 Å². The summed E-state index contributed by atoms with van der Waals surface area (Å²) in [5, 5.41) is 18.8. The lowest BCUT2D eigenvalue weighted by Crippen LogP contribution is -2.32. The van der Waals surface area contributed by atoms with Gasteiger partial charge >= 0.3 is 0 Å². The molecule has 1 aromatic heterocycles. The number of hydrogen-bond donors (Lipinski definition) is 1. The maximum atomic E-state index is 13.1. The van der Waals surface area contributed by atoms with Crippen LogP contribution in [-0.2, 0) is 0 Å². The molecule has 0 spiro atoms. The third kappa shape index (κ3) is 2.83. The molecule has 5 nitrogen and oxygen atoms in total. The molecule has 2 heterocycles. The Morgan fingerprint density at radius 2 is 2.13 bits per heavy atom. The summed E-state index contributed by atoms with van der Waals surface area (Å²) in [6.45, 7) is 1.81. The highest BCUT2D eigenvalue weighted by Crippen LogP contribution is 2.34. The fourth-order valence-electron chi connectivity index (χ4n) is 2.94. The smallest absolute Gasteiger partial charge is 0.258 e. The van der Waals surface area contributed by atoms with E-state index in [0.29, 0.717) is 17.7 Å². The van der Waals surface area contributed by atoms with Gasteiger partial charge in [-0.05, 0) is 31.0 Å². The van der Waals surface area contributed by atoms with Crippen LogP contribution in [0.3, 0.4) is 0 Å². The SMILES string of the molecule is Cc1oc(C#N)cc1C(=O)N1C[C@H](O)C[C@@H]1c1ccc(F)cc1. The lowest BCUT2D eigenvalue weighted by molar-refractivity contribution is 0.0714. The van der Waals surface area contributed by atoms with Crippen molar-refractivity contribution in [1.29, 1.82) is 5.26 Å². The van der Waals surface area contributed by atoms with Crippen molar-refractivity contribution in [3.63, 3.8) is 0 Å². The van der Waals surface area contributed by atoms with Crippen molar-refractivity contribution in [3.8, 4) is 6.07 Å². The zero-order chi connectivity index (χ0) is 16.6. The number of hydrogen-bond acceptors (Lipinski definition) is 4. The predicted octanol–water partition coefficient (Wildman–Crippen LogP) is 2.55. The summed E-state index contributed by atoms with van der Waals surface area (Å²) in [4.78, 5) is 14.3. The highest BCUT2D eigenvalue weighted by molar-refractivity contribution is 5.96. The molecule has 6 heteroatoms. The maximum absolute atomic E-state index is 13.1. The molecular weight excluding hydrogens is 299 g/mol. The van der Waals surface area contributed by atoms with E-state index in [4.69, 9.17) is 9.68 Å². The zero-order valence-electron chi connectivity index (χ0n) is 12.5. The zero-order valence-corrected chi connectivity index (χ0v) is 12.5. The molecule has 0 saturated carbocycles. The van der Waals surface area contributed by atoms with E-state index in [1.807, 2.05) is 6.07 Å². The highest BCUT2D eigenvalue weighted by atomic mass is 19.1. The summed E-state index contributed by atoms with van der Waals surface area (Å²) in [6, 6.07) is 8.83. The number of carbonyl (C=O) groups is 1. The number of benzene rings is 1. The minimum atomic E-state index is -0.642. The third-order valence-corrected chi connectivity index (χ3v) is 4.05. The van der Waals surface area contributed by atoms with Crippen molar-refractivity contribution in [1.82, 2.24) is 4.90 Å². The first-order valence-electron chi connectivity index (χ1n) is 7.24. The number of furan rings is 1. The van der Waals surface area contributed by atoms with Gasteiger partial charge in [0, 0.05) is 12.6 Å². The van der Waals surface area contributed by atoms with Gasteiger partial charge in [0.2, 0.25) is 5.76 Å². The van der Waals surface area contributed by atoms with E-state index >= 15 is 0 Å². The Morgan fingerprint density at radius 3 is 2.74 bits per heavy atom. The third-order valence-electron chi connectivity index (χ3n) is 4.05. The normalized spacial score (nSPS) is 20.5. The van der Waals surface area contributed by atoms with Crippen LogP contribution in [0.15, 0.2) is 34.7 Å². The average molecular weight is 314 g/mol. The largest absolute Gasteiger partial charge is 0.450 e. The molecule has 0 bridgehead atoms. The predicted molar refractivity (Wildman–Crippen MR) is 79.0 cm³/mol. The summed E-state index contributed by atoms with van der Waals surface area (Å²) in [6.07, 6.45) is -0.254. The lowest BCUT2D eigenvalue weighted by Gasteiger charge is -2.24. The fraction of sp³-hybridized carbons (Fsp3) is 0.294. The second-order valence-corrected chi connectivity index (χ2v) is 5.61. The molecular formula is C17H15FN2O3. The van der Waals surface area contributed by atoms with Crippen molar-refractivity contribution in [2.24, 2.45) is 0 Å². The minimum Gasteiger partial charge on any atom is -0.450 e. The average Bonchev–Trinajstić information content (AvgIpc) is 3.10. The molecule has 1 saturated heterocycles. The lowest BCUT2D eigenvalue weighted by atomic mass is 10.0. The summed E-state index contributed by atoms with van der Waals surface area (Å²) < 4.78 is 18.3. The van der Waals surface area contributed by atoms with Crippen molar-refractivity contribution >= 4 is 5.91 Å². The minimum absolute atomic E-state index is 0.0731. The van der Waals surface area contributed by atoms with Crippen LogP contribution < -0.4 is 0 Å². The van der Waals surface area contributed by atoms with Gasteiger partial charge in [-0.3, -0.25) is 4.79 Å². The molecule has 1 N–H and O–H groups in total. The molecule has 1 amide bonds. The van der Waals surface area contributed by atoms with E-state index < -0.39 is 6.10 Å². The first-order chi connectivity index (χ1) is 11.0. The highest BCUT2D eigenvalue weighted by Gasteiger charge is 2.36. The molecule has 118 valence electrons. The number of rotatable bonds is 2. The van der Waals surface area contributed by atoms with Gasteiger partial charge in [-0.2, -0.15) is 5.26 Å². The Balaban J connectivity index is 1.92. The molecule has 1 aromatic carbocycles. The Labute approximate surface area is 132 Å². The Bertz CT molecular complexity index is 776. The molecule has 1 aliphatic rings. The summed E-state index contributed by atoms with van der Waals surface area (Å²) >= 11 is 0. The standard InChI is InChI=1S/C17H15FN2O3/c1-10-15(7-14(8-19)23-10)17(22)20-9-13(21)6-16(20)11-2-4-12(18)5-3-11/h2-5,7,13,16,21H,6,9H2,1H3/t13-,16-/m1/s1.